The molecule has 33 heavy (non-hydrogen) atoms. The van der Waals surface area contributed by atoms with E-state index in [1.807, 2.05) is 0 Å². The highest BCUT2D eigenvalue weighted by atomic mass is 35.5. The van der Waals surface area contributed by atoms with Gasteiger partial charge >= 0.3 is 11.9 Å². The lowest BCUT2D eigenvalue weighted by Crippen LogP contribution is -2.29. The summed E-state index contributed by atoms with van der Waals surface area (Å²) < 4.78 is 34.1. The average Bonchev–Trinajstić information content (AvgIpc) is 2.77. The highest BCUT2D eigenvalue weighted by Crippen LogP contribution is 2.37. The lowest BCUT2D eigenvalue weighted by molar-refractivity contribution is -0.158. The Morgan fingerprint density at radius 1 is 0.970 bits per heavy atom. The largest absolute Gasteiger partial charge is 0.606 e. The van der Waals surface area contributed by atoms with Crippen LogP contribution in [0.5, 0.6) is 11.5 Å². The molecule has 2 rings (SSSR count). The molecular weight excluding hydrogens is 515 g/mol. The highest BCUT2D eigenvalue weighted by molar-refractivity contribution is 7.91. The Morgan fingerprint density at radius 2 is 1.61 bits per heavy atom. The van der Waals surface area contributed by atoms with E-state index < -0.39 is 29.2 Å². The second-order valence-electron chi connectivity index (χ2n) is 6.69. The minimum atomic E-state index is -1.55. The van der Waals surface area contributed by atoms with Crippen molar-refractivity contribution in [2.45, 2.75) is 36.2 Å². The predicted octanol–water partition coefficient (Wildman–Crippen LogP) is 5.04. The SMILES string of the molecule is CC(=O)OC[C@@H](COc1ccc([S+]([O-])c2cc(Cl)c(OCCCCl)c(Cl)c2)cc1)OC(C)=O. The summed E-state index contributed by atoms with van der Waals surface area (Å²) in [6, 6.07) is 9.59. The molecule has 0 heterocycles. The normalized spacial score (nSPS) is 12.5. The number of ether oxygens (including phenoxy) is 4. The van der Waals surface area contributed by atoms with Gasteiger partial charge in [-0.2, -0.15) is 0 Å². The molecule has 0 radical (unpaired) electrons. The third kappa shape index (κ3) is 9.14. The first-order chi connectivity index (χ1) is 15.7. The zero-order valence-corrected chi connectivity index (χ0v) is 21.1. The Hall–Kier alpha value is -1.84. The van der Waals surface area contributed by atoms with Gasteiger partial charge in [-0.05, 0) is 30.7 Å². The Bertz CT molecular complexity index is 917. The van der Waals surface area contributed by atoms with E-state index >= 15 is 0 Å². The van der Waals surface area contributed by atoms with Crippen LogP contribution in [0.15, 0.2) is 46.2 Å². The summed E-state index contributed by atoms with van der Waals surface area (Å²) in [6.07, 6.45) is -0.114. The van der Waals surface area contributed by atoms with Crippen molar-refractivity contribution in [3.63, 3.8) is 0 Å². The van der Waals surface area contributed by atoms with Crippen molar-refractivity contribution in [1.82, 2.24) is 0 Å². The molecule has 2 aromatic rings. The summed E-state index contributed by atoms with van der Waals surface area (Å²) in [7, 11) is 0. The molecule has 0 aliphatic carbocycles. The van der Waals surface area contributed by atoms with E-state index in [0.717, 1.165) is 0 Å². The Labute approximate surface area is 210 Å². The van der Waals surface area contributed by atoms with Gasteiger partial charge in [0.15, 0.2) is 21.6 Å². The van der Waals surface area contributed by atoms with Gasteiger partial charge in [0.2, 0.25) is 0 Å². The number of benzene rings is 2. The van der Waals surface area contributed by atoms with E-state index in [1.54, 1.807) is 36.4 Å². The van der Waals surface area contributed by atoms with E-state index in [1.165, 1.54) is 13.8 Å². The fourth-order valence-electron chi connectivity index (χ4n) is 2.56. The fourth-order valence-corrected chi connectivity index (χ4v) is 4.50. The van der Waals surface area contributed by atoms with Crippen molar-refractivity contribution >= 4 is 57.9 Å². The maximum atomic E-state index is 13.0. The third-order valence-electron chi connectivity index (χ3n) is 3.99. The van der Waals surface area contributed by atoms with Crippen LogP contribution in [-0.4, -0.2) is 48.3 Å². The van der Waals surface area contributed by atoms with Gasteiger partial charge in [0.25, 0.3) is 0 Å². The smallest absolute Gasteiger partial charge is 0.303 e. The molecule has 180 valence electrons. The quantitative estimate of drug-likeness (QED) is 0.162. The monoisotopic (exact) mass is 536 g/mol. The predicted molar refractivity (Wildman–Crippen MR) is 126 cm³/mol. The first-order valence-corrected chi connectivity index (χ1v) is 12.3. The molecule has 0 spiro atoms. The van der Waals surface area contributed by atoms with Gasteiger partial charge in [-0.15, -0.1) is 11.6 Å². The van der Waals surface area contributed by atoms with E-state index in [-0.39, 0.29) is 23.3 Å². The molecule has 0 saturated carbocycles. The standard InChI is InChI=1S/C22H23Cl3O7S/c1-14(26)30-12-17(32-15(2)27)13-31-16-4-6-18(7-5-16)33(28)19-10-20(24)22(21(25)11-19)29-9-3-8-23/h4-7,10-11,17H,3,8-9,12-13H2,1-2H3/t17-,33?/m0/s1. The number of hydrogen-bond donors (Lipinski definition) is 0. The van der Waals surface area contributed by atoms with Crippen LogP contribution in [0.2, 0.25) is 10.0 Å². The second-order valence-corrected chi connectivity index (χ2v) is 9.36. The topological polar surface area (TPSA) is 94.1 Å². The van der Waals surface area contributed by atoms with Crippen molar-refractivity contribution < 1.29 is 33.1 Å². The van der Waals surface area contributed by atoms with Crippen LogP contribution in [0.4, 0.5) is 0 Å². The van der Waals surface area contributed by atoms with Gasteiger partial charge in [0.1, 0.15) is 19.0 Å². The lowest BCUT2D eigenvalue weighted by atomic mass is 10.3. The zero-order chi connectivity index (χ0) is 24.4. The number of alkyl halides is 1. The van der Waals surface area contributed by atoms with Crippen LogP contribution in [0.3, 0.4) is 0 Å². The first kappa shape index (κ1) is 27.4. The van der Waals surface area contributed by atoms with Gasteiger partial charge in [-0.1, -0.05) is 23.2 Å². The van der Waals surface area contributed by atoms with Crippen LogP contribution < -0.4 is 9.47 Å². The summed E-state index contributed by atoms with van der Waals surface area (Å²) in [5, 5.41) is 0.509. The number of carbonyl (C=O) groups excluding carboxylic acids is 2. The second kappa shape index (κ2) is 13.8. The van der Waals surface area contributed by atoms with E-state index in [0.29, 0.717) is 40.2 Å². The molecule has 0 saturated heterocycles. The van der Waals surface area contributed by atoms with Gasteiger partial charge < -0.3 is 23.5 Å². The molecule has 0 aliphatic heterocycles. The molecule has 0 fully saturated rings. The minimum Gasteiger partial charge on any atom is -0.606 e. The molecule has 1 unspecified atom stereocenters. The van der Waals surface area contributed by atoms with Crippen molar-refractivity contribution in [1.29, 1.82) is 0 Å². The molecule has 2 aromatic carbocycles. The maximum Gasteiger partial charge on any atom is 0.303 e. The van der Waals surface area contributed by atoms with Crippen molar-refractivity contribution in [3.8, 4) is 11.5 Å². The molecule has 0 amide bonds. The van der Waals surface area contributed by atoms with Crippen LogP contribution in [0, 0.1) is 0 Å². The molecule has 0 N–H and O–H groups in total. The van der Waals surface area contributed by atoms with Crippen LogP contribution in [-0.2, 0) is 30.2 Å². The van der Waals surface area contributed by atoms with Crippen molar-refractivity contribution in [2.75, 3.05) is 25.7 Å². The Morgan fingerprint density at radius 3 is 2.15 bits per heavy atom. The number of halogens is 3. The molecule has 7 nitrogen and oxygen atoms in total. The maximum absolute atomic E-state index is 13.0. The van der Waals surface area contributed by atoms with Crippen LogP contribution in [0.25, 0.3) is 0 Å². The zero-order valence-electron chi connectivity index (χ0n) is 18.0. The van der Waals surface area contributed by atoms with E-state index in [9.17, 15) is 14.1 Å². The molecule has 11 heteroatoms. The summed E-state index contributed by atoms with van der Waals surface area (Å²) in [6.45, 7) is 2.73. The van der Waals surface area contributed by atoms with Gasteiger partial charge in [0.05, 0.1) is 16.7 Å². The van der Waals surface area contributed by atoms with Gasteiger partial charge in [0, 0.05) is 43.0 Å². The van der Waals surface area contributed by atoms with Crippen LogP contribution >= 0.6 is 34.8 Å². The van der Waals surface area contributed by atoms with Crippen molar-refractivity contribution in [2.24, 2.45) is 0 Å². The third-order valence-corrected chi connectivity index (χ3v) is 6.18. The molecule has 0 aromatic heterocycles. The lowest BCUT2D eigenvalue weighted by Gasteiger charge is -2.17. The summed E-state index contributed by atoms with van der Waals surface area (Å²) in [5.41, 5.74) is 0. The summed E-state index contributed by atoms with van der Waals surface area (Å²) >= 11 is 16.6. The molecule has 0 aliphatic rings. The van der Waals surface area contributed by atoms with E-state index in [4.69, 9.17) is 53.8 Å². The number of rotatable bonds is 12. The summed E-state index contributed by atoms with van der Waals surface area (Å²) in [5.74, 6) is 0.218. The number of hydrogen-bond acceptors (Lipinski definition) is 7. The van der Waals surface area contributed by atoms with Crippen molar-refractivity contribution in [3.05, 3.63) is 46.4 Å². The number of carbonyl (C=O) groups is 2. The first-order valence-electron chi connectivity index (χ1n) is 9.84. The van der Waals surface area contributed by atoms with Crippen LogP contribution in [0.1, 0.15) is 20.3 Å². The molecule has 0 bridgehead atoms. The number of esters is 2. The fraction of sp³-hybridized carbons (Fsp3) is 0.364. The van der Waals surface area contributed by atoms with E-state index in [2.05, 4.69) is 0 Å². The highest BCUT2D eigenvalue weighted by Gasteiger charge is 2.21. The summed E-state index contributed by atoms with van der Waals surface area (Å²) in [4.78, 5) is 23.1. The van der Waals surface area contributed by atoms with Gasteiger partial charge in [-0.25, -0.2) is 0 Å². The Balaban J connectivity index is 2.03. The average molecular weight is 538 g/mol. The van der Waals surface area contributed by atoms with Gasteiger partial charge in [-0.3, -0.25) is 9.59 Å². The molecule has 2 atom stereocenters. The molecular formula is C22H23Cl3O7S. The minimum absolute atomic E-state index is 0.0221. The Kier molecular flexibility index (Phi) is 11.4.